The zero-order chi connectivity index (χ0) is 13.9. The molecular formula is C15H18N2O2S. The van der Waals surface area contributed by atoms with Crippen molar-refractivity contribution < 1.29 is 4.74 Å². The van der Waals surface area contributed by atoms with Crippen LogP contribution in [-0.4, -0.2) is 12.1 Å². The highest BCUT2D eigenvalue weighted by molar-refractivity contribution is 7.07. The van der Waals surface area contributed by atoms with Crippen molar-refractivity contribution in [1.82, 2.24) is 10.3 Å². The Balaban J connectivity index is 1.76. The van der Waals surface area contributed by atoms with Gasteiger partial charge in [0, 0.05) is 23.7 Å². The lowest BCUT2D eigenvalue weighted by atomic mass is 9.87. The van der Waals surface area contributed by atoms with Gasteiger partial charge in [-0.3, -0.25) is 4.79 Å². The second-order valence-electron chi connectivity index (χ2n) is 5.06. The Morgan fingerprint density at radius 2 is 2.40 bits per heavy atom. The molecule has 1 aliphatic rings. The number of aromatic amines is 1. The molecule has 0 aliphatic heterocycles. The number of hydrogen-bond donors (Lipinski definition) is 2. The van der Waals surface area contributed by atoms with Crippen molar-refractivity contribution >= 4 is 11.3 Å². The molecule has 5 heteroatoms. The van der Waals surface area contributed by atoms with Crippen LogP contribution in [0.15, 0.2) is 28.4 Å². The van der Waals surface area contributed by atoms with Gasteiger partial charge in [0.1, 0.15) is 5.75 Å². The maximum absolute atomic E-state index is 11.1. The van der Waals surface area contributed by atoms with Crippen LogP contribution in [-0.2, 0) is 13.0 Å². The van der Waals surface area contributed by atoms with Crippen molar-refractivity contribution in [2.75, 3.05) is 7.11 Å². The Morgan fingerprint density at radius 3 is 3.15 bits per heavy atom. The molecule has 0 spiro atoms. The largest absolute Gasteiger partial charge is 0.497 e. The van der Waals surface area contributed by atoms with Gasteiger partial charge in [-0.2, -0.15) is 0 Å². The van der Waals surface area contributed by atoms with E-state index in [1.165, 1.54) is 28.9 Å². The smallest absolute Gasteiger partial charge is 0.304 e. The van der Waals surface area contributed by atoms with Crippen LogP contribution >= 0.6 is 11.3 Å². The summed E-state index contributed by atoms with van der Waals surface area (Å²) >= 11 is 1.21. The van der Waals surface area contributed by atoms with E-state index in [1.807, 2.05) is 11.4 Å². The Kier molecular flexibility index (Phi) is 3.89. The molecule has 2 N–H and O–H groups in total. The van der Waals surface area contributed by atoms with E-state index in [2.05, 4.69) is 22.4 Å². The van der Waals surface area contributed by atoms with Crippen LogP contribution in [0.5, 0.6) is 5.75 Å². The molecule has 0 amide bonds. The summed E-state index contributed by atoms with van der Waals surface area (Å²) in [6, 6.07) is 6.64. The first kappa shape index (κ1) is 13.4. The van der Waals surface area contributed by atoms with E-state index in [-0.39, 0.29) is 4.87 Å². The average molecular weight is 290 g/mol. The van der Waals surface area contributed by atoms with Gasteiger partial charge in [-0.25, -0.2) is 0 Å². The molecule has 2 aromatic rings. The molecule has 1 aliphatic carbocycles. The summed E-state index contributed by atoms with van der Waals surface area (Å²) < 4.78 is 5.32. The highest BCUT2D eigenvalue weighted by Gasteiger charge is 2.20. The van der Waals surface area contributed by atoms with Crippen molar-refractivity contribution in [3.05, 3.63) is 50.1 Å². The van der Waals surface area contributed by atoms with Crippen LogP contribution in [0.3, 0.4) is 0 Å². The molecular weight excluding hydrogens is 272 g/mol. The molecule has 0 saturated carbocycles. The molecule has 106 valence electrons. The standard InChI is InChI=1S/C15H18N2O2S/c1-19-12-6-5-10-3-2-4-14(13(10)7-12)16-8-11-9-20-15(18)17-11/h5-7,9,14,16H,2-4,8H2,1H3,(H,17,18). The fourth-order valence-electron chi connectivity index (χ4n) is 2.75. The van der Waals surface area contributed by atoms with Crippen LogP contribution in [0.1, 0.15) is 35.7 Å². The van der Waals surface area contributed by atoms with Gasteiger partial charge in [0.25, 0.3) is 0 Å². The summed E-state index contributed by atoms with van der Waals surface area (Å²) in [7, 11) is 1.70. The Morgan fingerprint density at radius 1 is 1.50 bits per heavy atom. The lowest BCUT2D eigenvalue weighted by molar-refractivity contribution is 0.408. The predicted molar refractivity (Wildman–Crippen MR) is 80.5 cm³/mol. The fourth-order valence-corrected chi connectivity index (χ4v) is 3.33. The van der Waals surface area contributed by atoms with Gasteiger partial charge in [-0.1, -0.05) is 17.4 Å². The van der Waals surface area contributed by atoms with Gasteiger partial charge in [-0.05, 0) is 42.5 Å². The molecule has 3 rings (SSSR count). The molecule has 4 nitrogen and oxygen atoms in total. The topological polar surface area (TPSA) is 54.1 Å². The van der Waals surface area contributed by atoms with Crippen LogP contribution in [0, 0.1) is 0 Å². The normalized spacial score (nSPS) is 17.8. The van der Waals surface area contributed by atoms with Gasteiger partial charge in [-0.15, -0.1) is 0 Å². The van der Waals surface area contributed by atoms with Crippen molar-refractivity contribution in [3.8, 4) is 5.75 Å². The molecule has 1 unspecified atom stereocenters. The zero-order valence-corrected chi connectivity index (χ0v) is 12.3. The minimum absolute atomic E-state index is 0.00696. The number of rotatable bonds is 4. The number of fused-ring (bicyclic) bond motifs is 1. The Labute approximate surface area is 121 Å². The lowest BCUT2D eigenvalue weighted by Gasteiger charge is -2.26. The third-order valence-electron chi connectivity index (χ3n) is 3.78. The van der Waals surface area contributed by atoms with E-state index in [9.17, 15) is 4.79 Å². The van der Waals surface area contributed by atoms with Crippen molar-refractivity contribution in [2.24, 2.45) is 0 Å². The molecule has 0 radical (unpaired) electrons. The molecule has 0 fully saturated rings. The Hall–Kier alpha value is -1.59. The maximum Gasteiger partial charge on any atom is 0.304 e. The van der Waals surface area contributed by atoms with Gasteiger partial charge in [0.2, 0.25) is 0 Å². The second-order valence-corrected chi connectivity index (χ2v) is 5.91. The third-order valence-corrected chi connectivity index (χ3v) is 4.50. The van der Waals surface area contributed by atoms with E-state index in [0.29, 0.717) is 12.6 Å². The van der Waals surface area contributed by atoms with E-state index in [4.69, 9.17) is 4.74 Å². The summed E-state index contributed by atoms with van der Waals surface area (Å²) in [6.45, 7) is 0.695. The molecule has 1 aromatic heterocycles. The minimum Gasteiger partial charge on any atom is -0.497 e. The second kappa shape index (κ2) is 5.81. The predicted octanol–water partition coefficient (Wildman–Crippen LogP) is 2.61. The minimum atomic E-state index is 0.00696. The molecule has 20 heavy (non-hydrogen) atoms. The van der Waals surface area contributed by atoms with Gasteiger partial charge >= 0.3 is 4.87 Å². The highest BCUT2D eigenvalue weighted by Crippen LogP contribution is 2.32. The van der Waals surface area contributed by atoms with Gasteiger partial charge in [0.15, 0.2) is 0 Å². The monoisotopic (exact) mass is 290 g/mol. The first-order valence-corrected chi connectivity index (χ1v) is 7.71. The number of thiazole rings is 1. The fraction of sp³-hybridized carbons (Fsp3) is 0.400. The highest BCUT2D eigenvalue weighted by atomic mass is 32.1. The summed E-state index contributed by atoms with van der Waals surface area (Å²) in [5.41, 5.74) is 3.68. The van der Waals surface area contributed by atoms with E-state index < -0.39 is 0 Å². The first-order valence-electron chi connectivity index (χ1n) is 6.83. The molecule has 1 aromatic carbocycles. The van der Waals surface area contributed by atoms with Crippen molar-refractivity contribution in [2.45, 2.75) is 31.8 Å². The molecule has 1 atom stereocenters. The SMILES string of the molecule is COc1ccc2c(c1)C(NCc1csc(=O)[nH]1)CCC2. The summed E-state index contributed by atoms with van der Waals surface area (Å²) in [5.74, 6) is 0.904. The molecule has 0 bridgehead atoms. The van der Waals surface area contributed by atoms with Crippen molar-refractivity contribution in [3.63, 3.8) is 0 Å². The quantitative estimate of drug-likeness (QED) is 0.910. The summed E-state index contributed by atoms with van der Waals surface area (Å²) in [4.78, 5) is 14.0. The van der Waals surface area contributed by atoms with Crippen LogP contribution in [0.4, 0.5) is 0 Å². The number of methoxy groups -OCH3 is 1. The maximum atomic E-state index is 11.1. The number of hydrogen-bond acceptors (Lipinski definition) is 4. The Bertz CT molecular complexity index is 647. The first-order chi connectivity index (χ1) is 9.76. The molecule has 0 saturated heterocycles. The average Bonchev–Trinajstić information content (AvgIpc) is 2.90. The number of ether oxygens (including phenoxy) is 1. The number of benzene rings is 1. The number of aromatic nitrogens is 1. The van der Waals surface area contributed by atoms with E-state index >= 15 is 0 Å². The molecule has 1 heterocycles. The number of nitrogens with one attached hydrogen (secondary N) is 2. The number of aryl methyl sites for hydroxylation is 1. The van der Waals surface area contributed by atoms with Gasteiger partial charge in [0.05, 0.1) is 7.11 Å². The van der Waals surface area contributed by atoms with E-state index in [0.717, 1.165) is 24.3 Å². The summed E-state index contributed by atoms with van der Waals surface area (Å²) in [6.07, 6.45) is 3.44. The van der Waals surface area contributed by atoms with Gasteiger partial charge < -0.3 is 15.0 Å². The van der Waals surface area contributed by atoms with Crippen molar-refractivity contribution in [1.29, 1.82) is 0 Å². The third kappa shape index (κ3) is 2.78. The van der Waals surface area contributed by atoms with Crippen LogP contribution < -0.4 is 14.9 Å². The van der Waals surface area contributed by atoms with Crippen LogP contribution in [0.2, 0.25) is 0 Å². The number of H-pyrrole nitrogens is 1. The summed E-state index contributed by atoms with van der Waals surface area (Å²) in [5, 5.41) is 5.42. The van der Waals surface area contributed by atoms with E-state index in [1.54, 1.807) is 7.11 Å². The van der Waals surface area contributed by atoms with Crippen LogP contribution in [0.25, 0.3) is 0 Å². The lowest BCUT2D eigenvalue weighted by Crippen LogP contribution is -2.25. The zero-order valence-electron chi connectivity index (χ0n) is 11.4.